The molecule has 0 aliphatic rings. The van der Waals surface area contributed by atoms with Gasteiger partial charge in [-0.15, -0.1) is 5.10 Å². The van der Waals surface area contributed by atoms with Crippen molar-refractivity contribution < 1.29 is 9.90 Å². The molecule has 16 heavy (non-hydrogen) atoms. The lowest BCUT2D eigenvalue weighted by Gasteiger charge is -2.00. The molecule has 0 spiro atoms. The first-order chi connectivity index (χ1) is 7.58. The van der Waals surface area contributed by atoms with Crippen molar-refractivity contribution in [2.24, 2.45) is 0 Å². The summed E-state index contributed by atoms with van der Waals surface area (Å²) < 4.78 is 0. The van der Waals surface area contributed by atoms with E-state index in [9.17, 15) is 4.79 Å². The monoisotopic (exact) mass is 257 g/mol. The van der Waals surface area contributed by atoms with Crippen molar-refractivity contribution in [2.45, 2.75) is 0 Å². The molecular formula is C9H5Cl2N3O2. The third-order valence-corrected chi connectivity index (χ3v) is 2.33. The van der Waals surface area contributed by atoms with Gasteiger partial charge in [0.2, 0.25) is 0 Å². The van der Waals surface area contributed by atoms with E-state index in [1.165, 1.54) is 0 Å². The highest BCUT2D eigenvalue weighted by atomic mass is 35.5. The summed E-state index contributed by atoms with van der Waals surface area (Å²) in [5.41, 5.74) is 0.610. The molecule has 1 aromatic heterocycles. The highest BCUT2D eigenvalue weighted by Crippen LogP contribution is 2.27. The van der Waals surface area contributed by atoms with E-state index in [1.807, 2.05) is 0 Å². The summed E-state index contributed by atoms with van der Waals surface area (Å²) in [6.07, 6.45) is 0. The third kappa shape index (κ3) is 2.00. The number of nitrogens with one attached hydrogen (secondary N) is 1. The van der Waals surface area contributed by atoms with E-state index in [0.717, 1.165) is 0 Å². The van der Waals surface area contributed by atoms with Gasteiger partial charge in [-0.25, -0.2) is 4.79 Å². The first-order valence-corrected chi connectivity index (χ1v) is 4.94. The largest absolute Gasteiger partial charge is 0.476 e. The van der Waals surface area contributed by atoms with Crippen LogP contribution in [-0.4, -0.2) is 26.5 Å². The van der Waals surface area contributed by atoms with Crippen LogP contribution < -0.4 is 0 Å². The van der Waals surface area contributed by atoms with Gasteiger partial charge in [-0.3, -0.25) is 5.10 Å². The summed E-state index contributed by atoms with van der Waals surface area (Å²) in [7, 11) is 0. The van der Waals surface area contributed by atoms with Gasteiger partial charge in [0.1, 0.15) is 5.69 Å². The number of hydrogen-bond donors (Lipinski definition) is 2. The van der Waals surface area contributed by atoms with Gasteiger partial charge < -0.3 is 5.11 Å². The minimum absolute atomic E-state index is 0.0988. The molecule has 7 heteroatoms. The van der Waals surface area contributed by atoms with Crippen LogP contribution in [0.1, 0.15) is 10.5 Å². The molecule has 82 valence electrons. The Morgan fingerprint density at radius 2 is 1.88 bits per heavy atom. The molecule has 0 saturated heterocycles. The smallest absolute Gasteiger partial charge is 0.356 e. The average Bonchev–Trinajstić information content (AvgIpc) is 2.63. The predicted molar refractivity (Wildman–Crippen MR) is 58.8 cm³/mol. The molecule has 0 unspecified atom stereocenters. The number of hydrogen-bond acceptors (Lipinski definition) is 3. The molecule has 0 amide bonds. The van der Waals surface area contributed by atoms with Crippen LogP contribution in [0.3, 0.4) is 0 Å². The van der Waals surface area contributed by atoms with Crippen LogP contribution in [0.2, 0.25) is 10.0 Å². The number of aromatic nitrogens is 3. The normalized spacial score (nSPS) is 10.4. The number of aromatic amines is 1. The van der Waals surface area contributed by atoms with Gasteiger partial charge in [0.25, 0.3) is 0 Å². The zero-order chi connectivity index (χ0) is 11.7. The van der Waals surface area contributed by atoms with Crippen molar-refractivity contribution in [3.63, 3.8) is 0 Å². The lowest BCUT2D eigenvalue weighted by Crippen LogP contribution is -1.99. The maximum atomic E-state index is 10.8. The second kappa shape index (κ2) is 4.11. The molecule has 2 rings (SSSR count). The lowest BCUT2D eigenvalue weighted by molar-refractivity contribution is 0.0691. The van der Waals surface area contributed by atoms with E-state index in [0.29, 0.717) is 15.6 Å². The number of carbonyl (C=O) groups is 1. The molecule has 0 saturated carbocycles. The topological polar surface area (TPSA) is 78.9 Å². The fraction of sp³-hybridized carbons (Fsp3) is 0. The Labute approximate surface area is 100 Å². The maximum Gasteiger partial charge on any atom is 0.356 e. The van der Waals surface area contributed by atoms with Crippen molar-refractivity contribution in [3.8, 4) is 11.3 Å². The van der Waals surface area contributed by atoms with Gasteiger partial charge in [-0.2, -0.15) is 0 Å². The molecule has 1 heterocycles. The van der Waals surface area contributed by atoms with Gasteiger partial charge in [-0.05, 0) is 18.2 Å². The summed E-state index contributed by atoms with van der Waals surface area (Å²) in [6.45, 7) is 0. The zero-order valence-electron chi connectivity index (χ0n) is 7.74. The highest BCUT2D eigenvalue weighted by molar-refractivity contribution is 6.35. The van der Waals surface area contributed by atoms with Gasteiger partial charge in [0.15, 0.2) is 5.69 Å². The molecule has 2 N–H and O–H groups in total. The Kier molecular flexibility index (Phi) is 2.80. The van der Waals surface area contributed by atoms with Crippen LogP contribution in [0.25, 0.3) is 11.3 Å². The summed E-state index contributed by atoms with van der Waals surface area (Å²) in [5, 5.41) is 19.1. The molecular weight excluding hydrogens is 253 g/mol. The second-order valence-corrected chi connectivity index (χ2v) is 3.87. The van der Waals surface area contributed by atoms with E-state index in [1.54, 1.807) is 18.2 Å². The SMILES string of the molecule is O=C(O)c1[nH]nnc1-c1cc(Cl)cc(Cl)c1. The number of nitrogens with zero attached hydrogens (tertiary/aromatic N) is 2. The van der Waals surface area contributed by atoms with Gasteiger partial charge in [-0.1, -0.05) is 28.4 Å². The van der Waals surface area contributed by atoms with Crippen LogP contribution in [0.15, 0.2) is 18.2 Å². The maximum absolute atomic E-state index is 10.8. The van der Waals surface area contributed by atoms with Crippen molar-refractivity contribution in [1.82, 2.24) is 15.4 Å². The number of carboxylic acids is 1. The Hall–Kier alpha value is -1.59. The molecule has 1 aromatic carbocycles. The lowest BCUT2D eigenvalue weighted by atomic mass is 10.1. The minimum Gasteiger partial charge on any atom is -0.476 e. The van der Waals surface area contributed by atoms with Crippen molar-refractivity contribution in [3.05, 3.63) is 33.9 Å². The number of H-pyrrole nitrogens is 1. The Balaban J connectivity index is 2.58. The quantitative estimate of drug-likeness (QED) is 0.867. The fourth-order valence-electron chi connectivity index (χ4n) is 1.27. The molecule has 0 atom stereocenters. The molecule has 0 aliphatic carbocycles. The van der Waals surface area contributed by atoms with Crippen LogP contribution in [0, 0.1) is 0 Å². The van der Waals surface area contributed by atoms with Crippen LogP contribution >= 0.6 is 23.2 Å². The number of rotatable bonds is 2. The van der Waals surface area contributed by atoms with Gasteiger partial charge in [0, 0.05) is 15.6 Å². The van der Waals surface area contributed by atoms with Crippen molar-refractivity contribution in [2.75, 3.05) is 0 Å². The number of halogens is 2. The molecule has 0 bridgehead atoms. The number of carboxylic acid groups (broad SMARTS) is 1. The van der Waals surface area contributed by atoms with Crippen molar-refractivity contribution in [1.29, 1.82) is 0 Å². The molecule has 5 nitrogen and oxygen atoms in total. The Morgan fingerprint density at radius 1 is 1.25 bits per heavy atom. The third-order valence-electron chi connectivity index (χ3n) is 1.90. The van der Waals surface area contributed by atoms with Gasteiger partial charge >= 0.3 is 5.97 Å². The average molecular weight is 258 g/mol. The first-order valence-electron chi connectivity index (χ1n) is 4.18. The van der Waals surface area contributed by atoms with Crippen molar-refractivity contribution >= 4 is 29.2 Å². The summed E-state index contributed by atoms with van der Waals surface area (Å²) in [6, 6.07) is 4.68. The predicted octanol–water partition coefficient (Wildman–Crippen LogP) is 2.48. The Bertz CT molecular complexity index is 533. The van der Waals surface area contributed by atoms with Crippen LogP contribution in [0.4, 0.5) is 0 Å². The number of aromatic carboxylic acids is 1. The summed E-state index contributed by atoms with van der Waals surface area (Å²) >= 11 is 11.6. The second-order valence-electron chi connectivity index (χ2n) is 3.00. The van der Waals surface area contributed by atoms with Crippen LogP contribution in [-0.2, 0) is 0 Å². The van der Waals surface area contributed by atoms with E-state index >= 15 is 0 Å². The zero-order valence-corrected chi connectivity index (χ0v) is 9.25. The van der Waals surface area contributed by atoms with Crippen LogP contribution in [0.5, 0.6) is 0 Å². The van der Waals surface area contributed by atoms with E-state index < -0.39 is 5.97 Å². The fourth-order valence-corrected chi connectivity index (χ4v) is 1.80. The molecule has 0 radical (unpaired) electrons. The molecule has 0 fully saturated rings. The van der Waals surface area contributed by atoms with E-state index in [-0.39, 0.29) is 11.4 Å². The molecule has 0 aliphatic heterocycles. The van der Waals surface area contributed by atoms with E-state index in [4.69, 9.17) is 28.3 Å². The minimum atomic E-state index is -1.14. The first kappa shape index (κ1) is 10.9. The number of benzene rings is 1. The molecule has 2 aromatic rings. The van der Waals surface area contributed by atoms with E-state index in [2.05, 4.69) is 15.4 Å². The summed E-state index contributed by atoms with van der Waals surface area (Å²) in [5.74, 6) is -1.14. The van der Waals surface area contributed by atoms with Gasteiger partial charge in [0.05, 0.1) is 0 Å². The highest BCUT2D eigenvalue weighted by Gasteiger charge is 2.16. The summed E-state index contributed by atoms with van der Waals surface area (Å²) in [4.78, 5) is 10.8. The standard InChI is InChI=1S/C9H5Cl2N3O2/c10-5-1-4(2-6(11)3-5)7-8(9(15)16)13-14-12-7/h1-3H,(H,15,16)(H,12,13,14). The Morgan fingerprint density at radius 3 is 2.44 bits per heavy atom.